The Hall–Kier alpha value is -3.63. The van der Waals surface area contributed by atoms with Crippen molar-refractivity contribution >= 4 is 34.1 Å². The number of imidazole rings is 1. The van der Waals surface area contributed by atoms with Gasteiger partial charge in [0.2, 0.25) is 11.9 Å². The normalized spacial score (nSPS) is 17.9. The van der Waals surface area contributed by atoms with Gasteiger partial charge in [-0.2, -0.15) is 4.98 Å². The van der Waals surface area contributed by atoms with Gasteiger partial charge in [0.1, 0.15) is 17.0 Å². The third-order valence-corrected chi connectivity index (χ3v) is 7.69. The van der Waals surface area contributed by atoms with E-state index in [1.54, 1.807) is 26.1 Å². The van der Waals surface area contributed by atoms with Gasteiger partial charge in [-0.1, -0.05) is 0 Å². The molecule has 6 rings (SSSR count). The minimum Gasteiger partial charge on any atom is -0.351 e. The number of amides is 1. The molecule has 2 aliphatic rings. The van der Waals surface area contributed by atoms with E-state index in [-0.39, 0.29) is 5.91 Å². The summed E-state index contributed by atoms with van der Waals surface area (Å²) >= 11 is 0. The number of rotatable bonds is 5. The predicted molar refractivity (Wildman–Crippen MR) is 132 cm³/mol. The maximum absolute atomic E-state index is 13.1. The van der Waals surface area contributed by atoms with Crippen molar-refractivity contribution in [2.75, 3.05) is 18.4 Å². The summed E-state index contributed by atoms with van der Waals surface area (Å²) in [6, 6.07) is 3.94. The van der Waals surface area contributed by atoms with Crippen LogP contribution in [-0.4, -0.2) is 65.9 Å². The van der Waals surface area contributed by atoms with Crippen LogP contribution in [-0.2, 0) is 11.3 Å². The van der Waals surface area contributed by atoms with Gasteiger partial charge in [-0.3, -0.25) is 4.79 Å². The van der Waals surface area contributed by atoms with Gasteiger partial charge in [0.25, 0.3) is 6.43 Å². The van der Waals surface area contributed by atoms with Crippen LogP contribution in [0.15, 0.2) is 24.5 Å². The smallest absolute Gasteiger partial charge is 0.256 e. The maximum atomic E-state index is 13.1. The second kappa shape index (κ2) is 8.49. The van der Waals surface area contributed by atoms with E-state index in [1.165, 1.54) is 4.57 Å². The van der Waals surface area contributed by atoms with Crippen molar-refractivity contribution in [2.45, 2.75) is 58.5 Å². The first-order valence-electron chi connectivity index (χ1n) is 12.3. The molecule has 4 aromatic heterocycles. The summed E-state index contributed by atoms with van der Waals surface area (Å²) in [6.45, 7) is 4.66. The van der Waals surface area contributed by atoms with Crippen molar-refractivity contribution in [3.63, 3.8) is 0 Å². The Labute approximate surface area is 206 Å². The van der Waals surface area contributed by atoms with Crippen LogP contribution in [0.3, 0.4) is 0 Å². The number of halogens is 2. The van der Waals surface area contributed by atoms with E-state index in [1.807, 2.05) is 17.2 Å². The Kier molecular flexibility index (Phi) is 5.38. The largest absolute Gasteiger partial charge is 0.351 e. The number of nitrogens with one attached hydrogen (secondary N) is 2. The Morgan fingerprint density at radius 1 is 1.22 bits per heavy atom. The fourth-order valence-corrected chi connectivity index (χ4v) is 5.67. The molecular formula is C25H28F2N8O. The molecule has 2 N–H and O–H groups in total. The first-order chi connectivity index (χ1) is 17.3. The number of nitrogens with zero attached hydrogens (tertiary/aromatic N) is 6. The molecule has 1 spiro atoms. The maximum Gasteiger partial charge on any atom is 0.256 e. The first kappa shape index (κ1) is 22.8. The van der Waals surface area contributed by atoms with Crippen LogP contribution >= 0.6 is 0 Å². The van der Waals surface area contributed by atoms with Gasteiger partial charge in [0.05, 0.1) is 12.2 Å². The third kappa shape index (κ3) is 3.96. The lowest BCUT2D eigenvalue weighted by molar-refractivity contribution is -0.143. The molecule has 9 nitrogen and oxygen atoms in total. The van der Waals surface area contributed by atoms with Crippen molar-refractivity contribution in [1.29, 1.82) is 0 Å². The summed E-state index contributed by atoms with van der Waals surface area (Å²) in [4.78, 5) is 34.9. The number of pyridine rings is 1. The van der Waals surface area contributed by atoms with E-state index >= 15 is 0 Å². The van der Waals surface area contributed by atoms with Gasteiger partial charge in [-0.25, -0.2) is 23.7 Å². The Morgan fingerprint density at radius 2 is 2.00 bits per heavy atom. The van der Waals surface area contributed by atoms with Crippen LogP contribution in [0.4, 0.5) is 14.7 Å². The molecule has 0 unspecified atom stereocenters. The molecule has 0 atom stereocenters. The Morgan fingerprint density at radius 3 is 2.72 bits per heavy atom. The average molecular weight is 495 g/mol. The zero-order valence-corrected chi connectivity index (χ0v) is 20.3. The number of anilines is 1. The topological polar surface area (TPSA) is 105 Å². The monoisotopic (exact) mass is 494 g/mol. The SMILES string of the molecule is CC(=O)N1CC2(CCC(Nc3ncc4c(-c5ccc6nc(C)n(CC(F)F)c6n5)c[nH]c4n3)CC2)C1. The lowest BCUT2D eigenvalue weighted by Gasteiger charge is -2.53. The summed E-state index contributed by atoms with van der Waals surface area (Å²) < 4.78 is 27.6. The zero-order valence-electron chi connectivity index (χ0n) is 20.3. The van der Waals surface area contributed by atoms with Crippen LogP contribution in [0.25, 0.3) is 33.5 Å². The van der Waals surface area contributed by atoms with E-state index in [4.69, 9.17) is 0 Å². The zero-order chi connectivity index (χ0) is 25.0. The summed E-state index contributed by atoms with van der Waals surface area (Å²) in [5.41, 5.74) is 3.45. The molecule has 4 aromatic rings. The summed E-state index contributed by atoms with van der Waals surface area (Å²) in [6.07, 6.45) is 5.35. The van der Waals surface area contributed by atoms with Crippen LogP contribution < -0.4 is 5.32 Å². The van der Waals surface area contributed by atoms with Crippen LogP contribution in [0, 0.1) is 12.3 Å². The van der Waals surface area contributed by atoms with Crippen LogP contribution in [0.2, 0.25) is 0 Å². The fourth-order valence-electron chi connectivity index (χ4n) is 5.67. The Balaban J connectivity index is 1.19. The standard InChI is InChI=1S/C25H28F2N8O/c1-14-30-20-4-3-19(32-23(20)35(14)11-21(26)27)17-9-28-22-18(17)10-29-24(33-22)31-16-5-7-25(8-6-16)12-34(13-25)15(2)36/h3-4,9-10,16,21H,5-8,11-13H2,1-2H3,(H2,28,29,31,33). The minimum atomic E-state index is -2.49. The molecule has 11 heteroatoms. The lowest BCUT2D eigenvalue weighted by Crippen LogP contribution is -2.59. The highest BCUT2D eigenvalue weighted by Gasteiger charge is 2.46. The molecule has 188 valence electrons. The van der Waals surface area contributed by atoms with Gasteiger partial charge in [-0.15, -0.1) is 0 Å². The molecule has 1 saturated carbocycles. The quantitative estimate of drug-likeness (QED) is 0.432. The third-order valence-electron chi connectivity index (χ3n) is 7.69. The molecular weight excluding hydrogens is 466 g/mol. The summed E-state index contributed by atoms with van der Waals surface area (Å²) in [5.74, 6) is 1.25. The number of fused-ring (bicyclic) bond motifs is 2. The number of carbonyl (C=O) groups excluding carboxylic acids is 1. The van der Waals surface area contributed by atoms with Gasteiger partial charge in [0.15, 0.2) is 5.65 Å². The van der Waals surface area contributed by atoms with E-state index in [2.05, 4.69) is 30.2 Å². The van der Waals surface area contributed by atoms with Gasteiger partial charge >= 0.3 is 0 Å². The van der Waals surface area contributed by atoms with Gasteiger partial charge in [-0.05, 0) is 44.7 Å². The number of likely N-dealkylation sites (tertiary alicyclic amines) is 1. The number of aromatic nitrogens is 6. The number of hydrogen-bond acceptors (Lipinski definition) is 6. The van der Waals surface area contributed by atoms with E-state index < -0.39 is 13.0 Å². The first-order valence-corrected chi connectivity index (χ1v) is 12.3. The van der Waals surface area contributed by atoms with Crippen molar-refractivity contribution < 1.29 is 13.6 Å². The Bertz CT molecular complexity index is 1450. The van der Waals surface area contributed by atoms with E-state index in [0.29, 0.717) is 45.7 Å². The summed E-state index contributed by atoms with van der Waals surface area (Å²) in [5, 5.41) is 4.28. The second-order valence-corrected chi connectivity index (χ2v) is 10.2. The van der Waals surface area contributed by atoms with E-state index in [0.717, 1.165) is 49.7 Å². The average Bonchev–Trinajstić information content (AvgIpc) is 3.38. The van der Waals surface area contributed by atoms with Gasteiger partial charge < -0.3 is 19.8 Å². The fraction of sp³-hybridized carbons (Fsp3) is 0.480. The molecule has 1 aliphatic carbocycles. The van der Waals surface area contributed by atoms with Crippen LogP contribution in [0.1, 0.15) is 38.4 Å². The second-order valence-electron chi connectivity index (χ2n) is 10.2. The molecule has 1 aliphatic heterocycles. The molecule has 5 heterocycles. The van der Waals surface area contributed by atoms with Crippen molar-refractivity contribution in [1.82, 2.24) is 34.4 Å². The number of aryl methyl sites for hydroxylation is 1. The molecule has 2 fully saturated rings. The molecule has 0 bridgehead atoms. The number of aromatic amines is 1. The number of carbonyl (C=O) groups is 1. The molecule has 1 saturated heterocycles. The lowest BCUT2D eigenvalue weighted by atomic mass is 9.67. The number of hydrogen-bond donors (Lipinski definition) is 2. The van der Waals surface area contributed by atoms with E-state index in [9.17, 15) is 13.6 Å². The van der Waals surface area contributed by atoms with Crippen molar-refractivity contribution in [3.8, 4) is 11.3 Å². The highest BCUT2D eigenvalue weighted by Crippen LogP contribution is 2.44. The highest BCUT2D eigenvalue weighted by atomic mass is 19.3. The molecule has 36 heavy (non-hydrogen) atoms. The molecule has 1 amide bonds. The highest BCUT2D eigenvalue weighted by molar-refractivity contribution is 5.93. The molecule has 0 aromatic carbocycles. The van der Waals surface area contributed by atoms with Crippen LogP contribution in [0.5, 0.6) is 0 Å². The summed E-state index contributed by atoms with van der Waals surface area (Å²) in [7, 11) is 0. The van der Waals surface area contributed by atoms with Crippen molar-refractivity contribution in [3.05, 3.63) is 30.4 Å². The molecule has 0 radical (unpaired) electrons. The number of H-pyrrole nitrogens is 1. The van der Waals surface area contributed by atoms with Gasteiger partial charge in [0, 0.05) is 54.8 Å². The van der Waals surface area contributed by atoms with Crippen molar-refractivity contribution in [2.24, 2.45) is 5.41 Å². The number of alkyl halides is 2. The predicted octanol–water partition coefficient (Wildman–Crippen LogP) is 4.15. The minimum absolute atomic E-state index is 0.164.